The summed E-state index contributed by atoms with van der Waals surface area (Å²) in [6.45, 7) is 6.35. The van der Waals surface area contributed by atoms with Crippen LogP contribution in [0.3, 0.4) is 0 Å². The summed E-state index contributed by atoms with van der Waals surface area (Å²) >= 11 is 0. The number of amides is 1. The minimum Gasteiger partial charge on any atom is -0.471 e. The fourth-order valence-electron chi connectivity index (χ4n) is 2.87. The molecule has 3 rings (SSSR count). The van der Waals surface area contributed by atoms with Crippen molar-refractivity contribution >= 4 is 5.91 Å². The second-order valence-corrected chi connectivity index (χ2v) is 6.38. The zero-order valence-corrected chi connectivity index (χ0v) is 15.3. The fraction of sp³-hybridized carbons (Fsp3) is 0.238. The van der Waals surface area contributed by atoms with Gasteiger partial charge in [-0.1, -0.05) is 42.0 Å². The van der Waals surface area contributed by atoms with Crippen LogP contribution in [0.4, 0.5) is 0 Å². The molecule has 134 valence electrons. The zero-order chi connectivity index (χ0) is 18.5. The second kappa shape index (κ2) is 7.87. The van der Waals surface area contributed by atoms with Crippen molar-refractivity contribution < 1.29 is 9.53 Å². The first-order valence-corrected chi connectivity index (χ1v) is 8.62. The predicted octanol–water partition coefficient (Wildman–Crippen LogP) is 4.03. The summed E-state index contributed by atoms with van der Waals surface area (Å²) in [5, 5.41) is 7.29. The Bertz CT molecular complexity index is 887. The number of hydrogen-bond acceptors (Lipinski definition) is 3. The summed E-state index contributed by atoms with van der Waals surface area (Å²) in [7, 11) is 0. The molecule has 0 saturated carbocycles. The van der Waals surface area contributed by atoms with Gasteiger partial charge in [-0.15, -0.1) is 0 Å². The first-order valence-electron chi connectivity index (χ1n) is 8.62. The zero-order valence-electron chi connectivity index (χ0n) is 15.3. The van der Waals surface area contributed by atoms with Gasteiger partial charge in [0, 0.05) is 6.20 Å². The van der Waals surface area contributed by atoms with Crippen molar-refractivity contribution in [3.63, 3.8) is 0 Å². The van der Waals surface area contributed by atoms with Crippen molar-refractivity contribution in [2.24, 2.45) is 0 Å². The van der Waals surface area contributed by atoms with Crippen LogP contribution in [0, 0.1) is 13.8 Å². The number of carbonyl (C=O) groups is 1. The summed E-state index contributed by atoms with van der Waals surface area (Å²) in [6.07, 6.45) is 1.74. The Morgan fingerprint density at radius 1 is 1.15 bits per heavy atom. The molecule has 0 aliphatic rings. The summed E-state index contributed by atoms with van der Waals surface area (Å²) in [4.78, 5) is 12.5. The van der Waals surface area contributed by atoms with E-state index in [0.717, 1.165) is 11.3 Å². The third-order valence-corrected chi connectivity index (χ3v) is 4.22. The number of ether oxygens (including phenoxy) is 1. The molecule has 5 nitrogen and oxygen atoms in total. The van der Waals surface area contributed by atoms with E-state index in [1.807, 2.05) is 37.3 Å². The van der Waals surface area contributed by atoms with Crippen molar-refractivity contribution in [3.8, 4) is 5.75 Å². The first kappa shape index (κ1) is 17.7. The molecule has 1 N–H and O–H groups in total. The third kappa shape index (κ3) is 4.30. The molecule has 0 spiro atoms. The van der Waals surface area contributed by atoms with Gasteiger partial charge in [-0.05, 0) is 50.1 Å². The molecule has 1 atom stereocenters. The maximum Gasteiger partial charge on any atom is 0.272 e. The predicted molar refractivity (Wildman–Crippen MR) is 101 cm³/mol. The van der Waals surface area contributed by atoms with E-state index >= 15 is 0 Å². The van der Waals surface area contributed by atoms with E-state index in [9.17, 15) is 4.79 Å². The third-order valence-electron chi connectivity index (χ3n) is 4.22. The van der Waals surface area contributed by atoms with Gasteiger partial charge in [0.05, 0.1) is 6.04 Å². The highest BCUT2D eigenvalue weighted by Gasteiger charge is 2.15. The molecule has 1 heterocycles. The molecule has 0 radical (unpaired) electrons. The maximum absolute atomic E-state index is 12.5. The number of rotatable bonds is 6. The molecule has 1 unspecified atom stereocenters. The molecule has 0 saturated heterocycles. The number of nitrogens with one attached hydrogen (secondary N) is 1. The molecule has 26 heavy (non-hydrogen) atoms. The van der Waals surface area contributed by atoms with Crippen LogP contribution in [-0.2, 0) is 6.73 Å². The number of carbonyl (C=O) groups excluding carboxylic acids is 1. The summed E-state index contributed by atoms with van der Waals surface area (Å²) in [5.74, 6) is 0.563. The van der Waals surface area contributed by atoms with Gasteiger partial charge in [-0.25, -0.2) is 4.68 Å². The molecule has 0 fully saturated rings. The van der Waals surface area contributed by atoms with Crippen LogP contribution in [0.25, 0.3) is 0 Å². The van der Waals surface area contributed by atoms with Crippen LogP contribution in [0.15, 0.2) is 60.8 Å². The van der Waals surface area contributed by atoms with E-state index in [0.29, 0.717) is 5.69 Å². The lowest BCUT2D eigenvalue weighted by Crippen LogP contribution is -2.27. The van der Waals surface area contributed by atoms with Crippen LogP contribution < -0.4 is 10.1 Å². The van der Waals surface area contributed by atoms with Gasteiger partial charge < -0.3 is 10.1 Å². The van der Waals surface area contributed by atoms with Crippen LogP contribution in [0.2, 0.25) is 0 Å². The quantitative estimate of drug-likeness (QED) is 0.731. The van der Waals surface area contributed by atoms with Crippen LogP contribution in [0.5, 0.6) is 5.75 Å². The van der Waals surface area contributed by atoms with Gasteiger partial charge in [0.25, 0.3) is 5.91 Å². The average molecular weight is 349 g/mol. The largest absolute Gasteiger partial charge is 0.471 e. The molecule has 3 aromatic rings. The lowest BCUT2D eigenvalue weighted by atomic mass is 10.0. The highest BCUT2D eigenvalue weighted by Crippen LogP contribution is 2.19. The summed E-state index contributed by atoms with van der Waals surface area (Å²) < 4.78 is 7.23. The van der Waals surface area contributed by atoms with Crippen LogP contribution in [-0.4, -0.2) is 15.7 Å². The number of nitrogens with zero attached hydrogens (tertiary/aromatic N) is 2. The van der Waals surface area contributed by atoms with Gasteiger partial charge in [-0.3, -0.25) is 4.79 Å². The van der Waals surface area contributed by atoms with Gasteiger partial charge in [-0.2, -0.15) is 5.10 Å². The Labute approximate surface area is 153 Å². The van der Waals surface area contributed by atoms with Crippen molar-refractivity contribution in [3.05, 3.63) is 83.2 Å². The normalized spacial score (nSPS) is 11.8. The van der Waals surface area contributed by atoms with Crippen molar-refractivity contribution in [1.82, 2.24) is 15.1 Å². The van der Waals surface area contributed by atoms with E-state index in [4.69, 9.17) is 4.74 Å². The monoisotopic (exact) mass is 349 g/mol. The van der Waals surface area contributed by atoms with Crippen LogP contribution in [0.1, 0.15) is 40.1 Å². The lowest BCUT2D eigenvalue weighted by molar-refractivity contribution is 0.0932. The highest BCUT2D eigenvalue weighted by atomic mass is 16.5. The molecule has 0 aliphatic heterocycles. The van der Waals surface area contributed by atoms with Crippen LogP contribution >= 0.6 is 0 Å². The highest BCUT2D eigenvalue weighted by molar-refractivity contribution is 5.92. The molecule has 1 amide bonds. The lowest BCUT2D eigenvalue weighted by Gasteiger charge is -2.16. The van der Waals surface area contributed by atoms with Gasteiger partial charge in [0.1, 0.15) is 11.4 Å². The molecular formula is C21H23N3O2. The van der Waals surface area contributed by atoms with E-state index < -0.39 is 0 Å². The number of hydrogen-bond donors (Lipinski definition) is 1. The average Bonchev–Trinajstić information content (AvgIpc) is 3.10. The van der Waals surface area contributed by atoms with Crippen molar-refractivity contribution in [2.75, 3.05) is 0 Å². The van der Waals surface area contributed by atoms with Crippen molar-refractivity contribution in [1.29, 1.82) is 0 Å². The van der Waals surface area contributed by atoms with E-state index in [1.54, 1.807) is 16.9 Å². The number of aryl methyl sites for hydroxylation is 2. The Kier molecular flexibility index (Phi) is 5.37. The summed E-state index contributed by atoms with van der Waals surface area (Å²) in [5.41, 5.74) is 3.86. The second-order valence-electron chi connectivity index (χ2n) is 6.38. The van der Waals surface area contributed by atoms with E-state index in [2.05, 4.69) is 42.5 Å². The topological polar surface area (TPSA) is 56.2 Å². The summed E-state index contributed by atoms with van der Waals surface area (Å²) in [6, 6.07) is 17.3. The minimum absolute atomic E-state index is 0.0891. The molecule has 2 aromatic carbocycles. The Morgan fingerprint density at radius 2 is 1.92 bits per heavy atom. The number of aromatic nitrogens is 2. The molecule has 5 heteroatoms. The molecule has 0 bridgehead atoms. The first-order chi connectivity index (χ1) is 12.5. The Hall–Kier alpha value is -3.08. The van der Waals surface area contributed by atoms with E-state index in [-0.39, 0.29) is 18.7 Å². The SMILES string of the molecule is Cc1ccc(C(C)NC(=O)c2ccn(COc3ccccc3)n2)c(C)c1. The minimum atomic E-state index is -0.198. The van der Waals surface area contributed by atoms with Gasteiger partial charge in [0.2, 0.25) is 0 Å². The maximum atomic E-state index is 12.5. The molecule has 1 aromatic heterocycles. The fourth-order valence-corrected chi connectivity index (χ4v) is 2.87. The number of benzene rings is 2. The smallest absolute Gasteiger partial charge is 0.272 e. The van der Waals surface area contributed by atoms with Crippen molar-refractivity contribution in [2.45, 2.75) is 33.5 Å². The standard InChI is InChI=1S/C21H23N3O2/c1-15-9-10-19(16(2)13-15)17(3)22-21(25)20-11-12-24(23-20)14-26-18-7-5-4-6-8-18/h4-13,17H,14H2,1-3H3,(H,22,25). The molecule has 0 aliphatic carbocycles. The Morgan fingerprint density at radius 3 is 2.65 bits per heavy atom. The molecular weight excluding hydrogens is 326 g/mol. The Balaban J connectivity index is 1.60. The van der Waals surface area contributed by atoms with Gasteiger partial charge in [0.15, 0.2) is 6.73 Å². The van der Waals surface area contributed by atoms with Gasteiger partial charge >= 0.3 is 0 Å². The van der Waals surface area contributed by atoms with E-state index in [1.165, 1.54) is 11.1 Å². The number of para-hydroxylation sites is 1.